The molecule has 1 amide bonds. The van der Waals surface area contributed by atoms with Crippen molar-refractivity contribution in [3.8, 4) is 0 Å². The van der Waals surface area contributed by atoms with Crippen LogP contribution in [0.1, 0.15) is 37.5 Å². The number of rotatable bonds is 7. The lowest BCUT2D eigenvalue weighted by molar-refractivity contribution is -0.131. The Morgan fingerprint density at radius 2 is 2.20 bits per heavy atom. The summed E-state index contributed by atoms with van der Waals surface area (Å²) in [6.45, 7) is 6.89. The van der Waals surface area contributed by atoms with Crippen LogP contribution in [0.5, 0.6) is 0 Å². The number of carbonyl (C=O) groups is 1. The van der Waals surface area contributed by atoms with Gasteiger partial charge in [0.2, 0.25) is 11.8 Å². The first-order chi connectivity index (χ1) is 12.2. The van der Waals surface area contributed by atoms with E-state index in [-0.39, 0.29) is 11.9 Å². The van der Waals surface area contributed by atoms with Crippen LogP contribution in [0.15, 0.2) is 29.0 Å². The van der Waals surface area contributed by atoms with Crippen LogP contribution in [0.2, 0.25) is 0 Å². The van der Waals surface area contributed by atoms with Crippen molar-refractivity contribution in [1.82, 2.24) is 24.9 Å². The Morgan fingerprint density at radius 3 is 2.88 bits per heavy atom. The molecular formula is C18H25N5O2. The molecule has 7 heteroatoms. The van der Waals surface area contributed by atoms with Gasteiger partial charge >= 0.3 is 0 Å². The summed E-state index contributed by atoms with van der Waals surface area (Å²) in [6, 6.07) is 4.31. The number of nitrogens with zero attached hydrogens (tertiary/aromatic N) is 5. The third kappa shape index (κ3) is 4.63. The molecule has 0 aliphatic carbocycles. The maximum atomic E-state index is 12.1. The molecule has 134 valence electrons. The lowest BCUT2D eigenvalue weighted by atomic mass is 10.2. The number of hydrogen-bond donors (Lipinski definition) is 0. The molecule has 0 spiro atoms. The second-order valence-corrected chi connectivity index (χ2v) is 6.45. The predicted octanol–water partition coefficient (Wildman–Crippen LogP) is 1.69. The van der Waals surface area contributed by atoms with E-state index in [9.17, 15) is 4.79 Å². The second kappa shape index (κ2) is 8.20. The monoisotopic (exact) mass is 343 g/mol. The molecule has 25 heavy (non-hydrogen) atoms. The molecule has 3 heterocycles. The van der Waals surface area contributed by atoms with Crippen LogP contribution in [0.4, 0.5) is 0 Å². The molecule has 1 aliphatic heterocycles. The van der Waals surface area contributed by atoms with Crippen LogP contribution in [-0.4, -0.2) is 56.5 Å². The van der Waals surface area contributed by atoms with Gasteiger partial charge in [-0.15, -0.1) is 0 Å². The van der Waals surface area contributed by atoms with Gasteiger partial charge in [-0.05, 0) is 30.5 Å². The highest BCUT2D eigenvalue weighted by atomic mass is 16.5. The zero-order valence-corrected chi connectivity index (χ0v) is 14.9. The van der Waals surface area contributed by atoms with E-state index in [0.717, 1.165) is 32.5 Å². The molecule has 3 rings (SSSR count). The molecule has 1 saturated heterocycles. The Labute approximate surface area is 148 Å². The Balaban J connectivity index is 1.55. The molecule has 0 N–H and O–H groups in total. The summed E-state index contributed by atoms with van der Waals surface area (Å²) in [4.78, 5) is 24.8. The zero-order chi connectivity index (χ0) is 17.6. The SMILES string of the molecule is CCc1nc(CN(C(C)=O)[C@H]2CCN(CCc3ccncc3)C2)no1. The van der Waals surface area contributed by atoms with Gasteiger partial charge in [-0.2, -0.15) is 4.98 Å². The number of amides is 1. The lowest BCUT2D eigenvalue weighted by Crippen LogP contribution is -2.40. The molecule has 0 radical (unpaired) electrons. The number of aromatic nitrogens is 3. The highest BCUT2D eigenvalue weighted by Crippen LogP contribution is 2.18. The van der Waals surface area contributed by atoms with Crippen LogP contribution in [0.25, 0.3) is 0 Å². The topological polar surface area (TPSA) is 75.4 Å². The first-order valence-electron chi connectivity index (χ1n) is 8.85. The molecular weight excluding hydrogens is 318 g/mol. The highest BCUT2D eigenvalue weighted by Gasteiger charge is 2.30. The van der Waals surface area contributed by atoms with E-state index in [1.54, 1.807) is 6.92 Å². The van der Waals surface area contributed by atoms with Crippen molar-refractivity contribution in [2.24, 2.45) is 0 Å². The first kappa shape index (κ1) is 17.5. The summed E-state index contributed by atoms with van der Waals surface area (Å²) in [5, 5.41) is 3.98. The van der Waals surface area contributed by atoms with Gasteiger partial charge < -0.3 is 14.3 Å². The van der Waals surface area contributed by atoms with E-state index in [1.807, 2.05) is 24.2 Å². The summed E-state index contributed by atoms with van der Waals surface area (Å²) in [5.41, 5.74) is 1.29. The Bertz CT molecular complexity index is 688. The van der Waals surface area contributed by atoms with E-state index in [4.69, 9.17) is 4.52 Å². The van der Waals surface area contributed by atoms with Crippen LogP contribution in [0.3, 0.4) is 0 Å². The average Bonchev–Trinajstić information content (AvgIpc) is 3.27. The van der Waals surface area contributed by atoms with Crippen molar-refractivity contribution in [2.45, 2.75) is 45.7 Å². The van der Waals surface area contributed by atoms with E-state index in [0.29, 0.717) is 24.7 Å². The number of pyridine rings is 1. The van der Waals surface area contributed by atoms with Gasteiger partial charge in [-0.25, -0.2) is 0 Å². The molecule has 1 atom stereocenters. The molecule has 1 fully saturated rings. The summed E-state index contributed by atoms with van der Waals surface area (Å²) in [6.07, 6.45) is 6.35. The smallest absolute Gasteiger partial charge is 0.226 e. The molecule has 2 aromatic heterocycles. The standard InChI is InChI=1S/C18H25N5O2/c1-3-18-20-17(21-25-18)13-23(14(2)24)16-7-11-22(12-16)10-6-15-4-8-19-9-5-15/h4-5,8-9,16H,3,6-7,10-13H2,1-2H3/t16-/m0/s1. The van der Waals surface area contributed by atoms with Crippen molar-refractivity contribution < 1.29 is 9.32 Å². The normalized spacial score (nSPS) is 17.8. The minimum atomic E-state index is 0.0591. The largest absolute Gasteiger partial charge is 0.339 e. The molecule has 0 saturated carbocycles. The lowest BCUT2D eigenvalue weighted by Gasteiger charge is -2.27. The molecule has 0 unspecified atom stereocenters. The van der Waals surface area contributed by atoms with Gasteiger partial charge in [0.15, 0.2) is 5.82 Å². The maximum absolute atomic E-state index is 12.1. The quantitative estimate of drug-likeness (QED) is 0.761. The van der Waals surface area contributed by atoms with Gasteiger partial charge in [-0.1, -0.05) is 12.1 Å². The van der Waals surface area contributed by atoms with Gasteiger partial charge in [0.1, 0.15) is 0 Å². The fourth-order valence-electron chi connectivity index (χ4n) is 3.25. The van der Waals surface area contributed by atoms with Gasteiger partial charge in [0.25, 0.3) is 0 Å². The average molecular weight is 343 g/mol. The summed E-state index contributed by atoms with van der Waals surface area (Å²) in [7, 11) is 0. The van der Waals surface area contributed by atoms with E-state index < -0.39 is 0 Å². The number of hydrogen-bond acceptors (Lipinski definition) is 6. The third-order valence-electron chi connectivity index (χ3n) is 4.68. The molecule has 1 aliphatic rings. The van der Waals surface area contributed by atoms with E-state index in [1.165, 1.54) is 5.56 Å². The first-order valence-corrected chi connectivity index (χ1v) is 8.85. The van der Waals surface area contributed by atoms with Crippen LogP contribution < -0.4 is 0 Å². The molecule has 0 aromatic carbocycles. The van der Waals surface area contributed by atoms with E-state index >= 15 is 0 Å². The number of aryl methyl sites for hydroxylation is 1. The minimum absolute atomic E-state index is 0.0591. The fraction of sp³-hybridized carbons (Fsp3) is 0.556. The van der Waals surface area contributed by atoms with Crippen molar-refractivity contribution in [3.05, 3.63) is 41.8 Å². The predicted molar refractivity (Wildman–Crippen MR) is 92.7 cm³/mol. The highest BCUT2D eigenvalue weighted by molar-refractivity contribution is 5.73. The van der Waals surface area contributed by atoms with Crippen LogP contribution >= 0.6 is 0 Å². The fourth-order valence-corrected chi connectivity index (χ4v) is 3.25. The van der Waals surface area contributed by atoms with Gasteiger partial charge in [-0.3, -0.25) is 9.78 Å². The summed E-state index contributed by atoms with van der Waals surface area (Å²) >= 11 is 0. The molecule has 2 aromatic rings. The van der Waals surface area contributed by atoms with E-state index in [2.05, 4.69) is 32.2 Å². The van der Waals surface area contributed by atoms with Gasteiger partial charge in [0.05, 0.1) is 6.54 Å². The Hall–Kier alpha value is -2.28. The van der Waals surface area contributed by atoms with Crippen molar-refractivity contribution in [2.75, 3.05) is 19.6 Å². The van der Waals surface area contributed by atoms with Crippen molar-refractivity contribution in [3.63, 3.8) is 0 Å². The second-order valence-electron chi connectivity index (χ2n) is 6.45. The van der Waals surface area contributed by atoms with Crippen LogP contribution in [-0.2, 0) is 24.2 Å². The summed E-state index contributed by atoms with van der Waals surface area (Å²) in [5.74, 6) is 1.26. The van der Waals surface area contributed by atoms with Crippen LogP contribution in [0, 0.1) is 0 Å². The number of likely N-dealkylation sites (tertiary alicyclic amines) is 1. The van der Waals surface area contributed by atoms with Crippen molar-refractivity contribution in [1.29, 1.82) is 0 Å². The molecule has 7 nitrogen and oxygen atoms in total. The van der Waals surface area contributed by atoms with Crippen molar-refractivity contribution >= 4 is 5.91 Å². The Kier molecular flexibility index (Phi) is 5.75. The molecule has 0 bridgehead atoms. The third-order valence-corrected chi connectivity index (χ3v) is 4.68. The number of carbonyl (C=O) groups excluding carboxylic acids is 1. The minimum Gasteiger partial charge on any atom is -0.339 e. The van der Waals surface area contributed by atoms with Gasteiger partial charge in [0, 0.05) is 51.4 Å². The summed E-state index contributed by atoms with van der Waals surface area (Å²) < 4.78 is 5.15. The zero-order valence-electron chi connectivity index (χ0n) is 14.9. The maximum Gasteiger partial charge on any atom is 0.226 e. The Morgan fingerprint density at radius 1 is 1.40 bits per heavy atom.